The van der Waals surface area contributed by atoms with Crippen molar-refractivity contribution in [1.82, 2.24) is 19.1 Å². The highest BCUT2D eigenvalue weighted by molar-refractivity contribution is 6.39. The lowest BCUT2D eigenvalue weighted by Crippen LogP contribution is -2.01. The summed E-state index contributed by atoms with van der Waals surface area (Å²) in [5.41, 5.74) is 13.3. The first-order valence-corrected chi connectivity index (χ1v) is 25.4. The van der Waals surface area contributed by atoms with Crippen molar-refractivity contribution >= 4 is 97.5 Å². The highest BCUT2D eigenvalue weighted by Gasteiger charge is 2.30. The normalized spacial score (nSPS) is 12.1. The fraction of sp³-hybridized carbons (Fsp3) is 0. The third-order valence-corrected chi connectivity index (χ3v) is 15.6. The van der Waals surface area contributed by atoms with Gasteiger partial charge in [-0.3, -0.25) is 9.13 Å². The van der Waals surface area contributed by atoms with Gasteiger partial charge in [-0.2, -0.15) is 0 Å². The molecule has 0 radical (unpaired) electrons. The second-order valence-electron chi connectivity index (χ2n) is 19.5. The van der Waals surface area contributed by atoms with Gasteiger partial charge >= 0.3 is 0 Å². The van der Waals surface area contributed by atoms with E-state index in [1.807, 2.05) is 0 Å². The lowest BCUT2D eigenvalue weighted by atomic mass is 9.88. The van der Waals surface area contributed by atoms with Gasteiger partial charge in [-0.25, -0.2) is 9.97 Å². The zero-order valence-electron chi connectivity index (χ0n) is 40.0. The first kappa shape index (κ1) is 40.8. The molecule has 0 unspecified atom stereocenters. The molecule has 74 heavy (non-hydrogen) atoms. The molecule has 2 aromatic heterocycles. The summed E-state index contributed by atoms with van der Waals surface area (Å²) in [6, 6.07) is 92.5. The number of hydrogen-bond donors (Lipinski definition) is 0. The average Bonchev–Trinajstić information content (AvgIpc) is 4.08. The Bertz CT molecular complexity index is 4490. The molecule has 0 bridgehead atoms. The molecule has 0 N–H and O–H groups in total. The van der Waals surface area contributed by atoms with E-state index in [1.165, 1.54) is 54.6 Å². The van der Waals surface area contributed by atoms with Gasteiger partial charge in [0, 0.05) is 54.8 Å². The van der Waals surface area contributed by atoms with Crippen LogP contribution < -0.4 is 0 Å². The van der Waals surface area contributed by atoms with Crippen molar-refractivity contribution in [3.8, 4) is 56.4 Å². The highest BCUT2D eigenvalue weighted by Crippen LogP contribution is 2.51. The second kappa shape index (κ2) is 15.8. The second-order valence-corrected chi connectivity index (χ2v) is 19.5. The largest absolute Gasteiger partial charge is 0.292 e. The predicted molar refractivity (Wildman–Crippen MR) is 311 cm³/mol. The number of benzene rings is 14. The minimum Gasteiger partial charge on any atom is -0.292 e. The molecular formula is C70H42N4. The first-order valence-electron chi connectivity index (χ1n) is 25.4. The topological polar surface area (TPSA) is 35.6 Å². The summed E-state index contributed by atoms with van der Waals surface area (Å²) in [5, 5.41) is 16.3. The summed E-state index contributed by atoms with van der Waals surface area (Å²) in [7, 11) is 0. The number of rotatable bonds is 6. The Morgan fingerprint density at radius 2 is 0.473 bits per heavy atom. The van der Waals surface area contributed by atoms with Crippen molar-refractivity contribution < 1.29 is 0 Å². The number of imidazole rings is 2. The van der Waals surface area contributed by atoms with Crippen LogP contribution in [0.3, 0.4) is 0 Å². The highest BCUT2D eigenvalue weighted by atomic mass is 15.1. The molecule has 2 heterocycles. The maximum atomic E-state index is 5.97. The molecule has 0 amide bonds. The summed E-state index contributed by atoms with van der Waals surface area (Å²) >= 11 is 0. The van der Waals surface area contributed by atoms with Crippen molar-refractivity contribution in [3.63, 3.8) is 0 Å². The smallest absolute Gasteiger partial charge is 0.147 e. The van der Waals surface area contributed by atoms with E-state index in [2.05, 4.69) is 264 Å². The van der Waals surface area contributed by atoms with Crippen molar-refractivity contribution in [2.75, 3.05) is 0 Å². The van der Waals surface area contributed by atoms with E-state index in [9.17, 15) is 0 Å². The molecule has 342 valence electrons. The minimum absolute atomic E-state index is 0.909. The molecule has 0 aliphatic carbocycles. The third-order valence-electron chi connectivity index (χ3n) is 15.6. The van der Waals surface area contributed by atoms with Crippen LogP contribution in [0.1, 0.15) is 0 Å². The SMILES string of the molecule is c1ccc(-c2c3ccccc3c(-c3nc4c5cccc6c5c5c(cccc5c4n3-c3ccccc3)c3nc(-c4c5ccccc5c(-c5ccccc5)c5ccccc45)n(-c4ccccc4)c63)c3ccccc23)cc1. The van der Waals surface area contributed by atoms with Crippen LogP contribution in [0.2, 0.25) is 0 Å². The van der Waals surface area contributed by atoms with Crippen LogP contribution in [0.25, 0.3) is 154 Å². The summed E-state index contributed by atoms with van der Waals surface area (Å²) < 4.78 is 4.88. The quantitative estimate of drug-likeness (QED) is 0.123. The average molecular weight is 939 g/mol. The van der Waals surface area contributed by atoms with E-state index in [0.29, 0.717) is 0 Å². The monoisotopic (exact) mass is 938 g/mol. The van der Waals surface area contributed by atoms with E-state index in [1.54, 1.807) is 0 Å². The molecule has 0 aliphatic heterocycles. The molecule has 16 rings (SSSR count). The number of aromatic nitrogens is 4. The molecule has 0 saturated carbocycles. The van der Waals surface area contributed by atoms with Crippen LogP contribution in [-0.2, 0) is 0 Å². The third kappa shape index (κ3) is 5.68. The van der Waals surface area contributed by atoms with Crippen LogP contribution in [0, 0.1) is 0 Å². The fourth-order valence-corrected chi connectivity index (χ4v) is 12.7. The Labute approximate surface area is 425 Å². The summed E-state index contributed by atoms with van der Waals surface area (Å²) in [4.78, 5) is 11.9. The number of para-hydroxylation sites is 2. The molecule has 16 aromatic rings. The number of nitrogens with zero attached hydrogens (tertiary/aromatic N) is 4. The van der Waals surface area contributed by atoms with Gasteiger partial charge in [0.05, 0.1) is 22.1 Å². The predicted octanol–water partition coefficient (Wildman–Crippen LogP) is 18.5. The van der Waals surface area contributed by atoms with Gasteiger partial charge in [0.15, 0.2) is 0 Å². The van der Waals surface area contributed by atoms with E-state index >= 15 is 0 Å². The van der Waals surface area contributed by atoms with E-state index in [4.69, 9.17) is 9.97 Å². The molecule has 0 aliphatic rings. The van der Waals surface area contributed by atoms with Gasteiger partial charge in [0.25, 0.3) is 0 Å². The lowest BCUT2D eigenvalue weighted by molar-refractivity contribution is 1.11. The Morgan fingerprint density at radius 1 is 0.216 bits per heavy atom. The van der Waals surface area contributed by atoms with Crippen molar-refractivity contribution in [1.29, 1.82) is 0 Å². The molecule has 0 fully saturated rings. The molecule has 4 nitrogen and oxygen atoms in total. The van der Waals surface area contributed by atoms with Crippen LogP contribution in [0.15, 0.2) is 255 Å². The summed E-state index contributed by atoms with van der Waals surface area (Å²) in [5.74, 6) is 1.82. The van der Waals surface area contributed by atoms with Gasteiger partial charge in [-0.05, 0) is 89.6 Å². The van der Waals surface area contributed by atoms with E-state index in [-0.39, 0.29) is 0 Å². The Hall–Kier alpha value is -9.90. The maximum absolute atomic E-state index is 5.97. The molecular weight excluding hydrogens is 897 g/mol. The first-order chi connectivity index (χ1) is 36.8. The number of hydrogen-bond acceptors (Lipinski definition) is 2. The van der Waals surface area contributed by atoms with Gasteiger partial charge in [0.1, 0.15) is 11.6 Å². The van der Waals surface area contributed by atoms with E-state index < -0.39 is 0 Å². The van der Waals surface area contributed by atoms with E-state index in [0.717, 1.165) is 99.3 Å². The molecule has 4 heteroatoms. The van der Waals surface area contributed by atoms with Crippen molar-refractivity contribution in [2.24, 2.45) is 0 Å². The van der Waals surface area contributed by atoms with Crippen LogP contribution in [0.5, 0.6) is 0 Å². The lowest BCUT2D eigenvalue weighted by Gasteiger charge is -2.19. The van der Waals surface area contributed by atoms with Gasteiger partial charge < -0.3 is 0 Å². The van der Waals surface area contributed by atoms with Crippen molar-refractivity contribution in [3.05, 3.63) is 255 Å². The zero-order valence-corrected chi connectivity index (χ0v) is 40.0. The van der Waals surface area contributed by atoms with Crippen LogP contribution in [0.4, 0.5) is 0 Å². The Balaban J connectivity index is 1.08. The van der Waals surface area contributed by atoms with Gasteiger partial charge in [-0.15, -0.1) is 0 Å². The Kier molecular flexibility index (Phi) is 8.71. The molecule has 0 atom stereocenters. The zero-order chi connectivity index (χ0) is 48.4. The molecule has 14 aromatic carbocycles. The van der Waals surface area contributed by atoms with Gasteiger partial charge in [-0.1, -0.05) is 231 Å². The number of fused-ring (bicyclic) bond motifs is 10. The molecule has 0 saturated heterocycles. The van der Waals surface area contributed by atoms with Crippen molar-refractivity contribution in [2.45, 2.75) is 0 Å². The minimum atomic E-state index is 0.909. The standard InChI is InChI=1S/C70H42N4/c1-5-23-43(24-6-1)59-47-31-13-17-35-51(47)63(52-36-18-14-32-48(52)59)69-71-65-55-39-21-42-58-61(55)62-56(40-22-41-57(62)67(65)73(69)45-27-9-3-10-28-45)66-68(58)74(46-29-11-4-12-30-46)70(72-66)64-53-37-19-15-33-49(53)60(44-25-7-2-8-26-44)50-34-16-20-38-54(50)64/h1-42H. The Morgan fingerprint density at radius 3 is 0.797 bits per heavy atom. The van der Waals surface area contributed by atoms with Crippen LogP contribution >= 0.6 is 0 Å². The fourth-order valence-electron chi connectivity index (χ4n) is 12.7. The van der Waals surface area contributed by atoms with Crippen LogP contribution in [-0.4, -0.2) is 19.1 Å². The van der Waals surface area contributed by atoms with Gasteiger partial charge in [0.2, 0.25) is 0 Å². The summed E-state index contributed by atoms with van der Waals surface area (Å²) in [6.45, 7) is 0. The molecule has 0 spiro atoms. The maximum Gasteiger partial charge on any atom is 0.147 e. The summed E-state index contributed by atoms with van der Waals surface area (Å²) in [6.07, 6.45) is 0.